The van der Waals surface area contributed by atoms with E-state index in [2.05, 4.69) is 6.92 Å². The number of carbonyl (C=O) groups excluding carboxylic acids is 1. The van der Waals surface area contributed by atoms with E-state index in [1.807, 2.05) is 42.5 Å². The summed E-state index contributed by atoms with van der Waals surface area (Å²) in [5.74, 6) is 2.35. The fraction of sp³-hybridized carbons (Fsp3) is 0.452. The van der Waals surface area contributed by atoms with Crippen molar-refractivity contribution in [2.75, 3.05) is 7.11 Å². The molecule has 1 aliphatic rings. The number of fused-ring (bicyclic) bond motifs is 1. The van der Waals surface area contributed by atoms with Crippen molar-refractivity contribution < 1.29 is 24.5 Å². The Morgan fingerprint density at radius 1 is 0.972 bits per heavy atom. The molecule has 0 spiro atoms. The van der Waals surface area contributed by atoms with Gasteiger partial charge in [-0.3, -0.25) is 4.79 Å². The average molecular weight is 491 g/mol. The number of aryl methyl sites for hydroxylation is 1. The van der Waals surface area contributed by atoms with Crippen LogP contribution < -0.4 is 9.47 Å². The lowest BCUT2D eigenvalue weighted by Gasteiger charge is -2.35. The molecule has 1 saturated carbocycles. The lowest BCUT2D eigenvalue weighted by Crippen LogP contribution is -2.36. The van der Waals surface area contributed by atoms with Gasteiger partial charge in [0.25, 0.3) is 0 Å². The van der Waals surface area contributed by atoms with Gasteiger partial charge in [-0.25, -0.2) is 0 Å². The van der Waals surface area contributed by atoms with E-state index in [1.165, 1.54) is 12.8 Å². The maximum atomic E-state index is 12.7. The van der Waals surface area contributed by atoms with E-state index < -0.39 is 5.60 Å². The summed E-state index contributed by atoms with van der Waals surface area (Å²) in [5, 5.41) is 22.6. The van der Waals surface area contributed by atoms with Crippen LogP contribution in [-0.2, 0) is 17.8 Å². The molecular formula is C31H38O5. The second-order valence-electron chi connectivity index (χ2n) is 10.3. The molecule has 36 heavy (non-hydrogen) atoms. The van der Waals surface area contributed by atoms with E-state index in [0.717, 1.165) is 47.6 Å². The number of rotatable bonds is 11. The van der Waals surface area contributed by atoms with Gasteiger partial charge in [0.15, 0.2) is 11.5 Å². The minimum absolute atomic E-state index is 0.118. The Bertz CT molecular complexity index is 1180. The Balaban J connectivity index is 1.33. The molecule has 192 valence electrons. The summed E-state index contributed by atoms with van der Waals surface area (Å²) in [6, 6.07) is 17.1. The molecule has 0 aliphatic heterocycles. The number of hydrogen-bond acceptors (Lipinski definition) is 5. The maximum Gasteiger partial charge on any atom is 0.161 e. The number of carbonyl (C=O) groups is 1. The van der Waals surface area contributed by atoms with Gasteiger partial charge in [0, 0.05) is 12.8 Å². The van der Waals surface area contributed by atoms with Gasteiger partial charge in [-0.05, 0) is 90.3 Å². The molecule has 0 heterocycles. The van der Waals surface area contributed by atoms with E-state index in [4.69, 9.17) is 9.47 Å². The summed E-state index contributed by atoms with van der Waals surface area (Å²) in [4.78, 5) is 12.7. The van der Waals surface area contributed by atoms with Crippen LogP contribution in [0.4, 0.5) is 0 Å². The highest BCUT2D eigenvalue weighted by atomic mass is 16.5. The van der Waals surface area contributed by atoms with Crippen molar-refractivity contribution in [1.29, 1.82) is 0 Å². The zero-order valence-corrected chi connectivity index (χ0v) is 21.5. The highest BCUT2D eigenvalue weighted by Crippen LogP contribution is 2.37. The maximum absolute atomic E-state index is 12.7. The van der Waals surface area contributed by atoms with E-state index in [1.54, 1.807) is 19.2 Å². The molecule has 0 atom stereocenters. The fourth-order valence-corrected chi connectivity index (χ4v) is 5.35. The molecule has 3 aromatic rings. The van der Waals surface area contributed by atoms with Crippen LogP contribution in [0.5, 0.6) is 17.2 Å². The van der Waals surface area contributed by atoms with Crippen LogP contribution in [0.1, 0.15) is 69.4 Å². The SMILES string of the molecule is CCCC1CCC(O)(CC(=O)CCc2ccc(OC)c(OCc3ccc4cc(O)ccc4c3)c2)CC1. The highest BCUT2D eigenvalue weighted by Gasteiger charge is 2.34. The van der Waals surface area contributed by atoms with Gasteiger partial charge < -0.3 is 19.7 Å². The van der Waals surface area contributed by atoms with E-state index in [9.17, 15) is 15.0 Å². The number of ether oxygens (including phenoxy) is 2. The highest BCUT2D eigenvalue weighted by molar-refractivity contribution is 5.84. The van der Waals surface area contributed by atoms with Crippen molar-refractivity contribution in [1.82, 2.24) is 0 Å². The van der Waals surface area contributed by atoms with Crippen LogP contribution in [0.15, 0.2) is 54.6 Å². The minimum atomic E-state index is -0.825. The number of ketones is 1. The van der Waals surface area contributed by atoms with E-state index in [-0.39, 0.29) is 18.0 Å². The molecule has 5 nitrogen and oxygen atoms in total. The second kappa shape index (κ2) is 11.8. The molecule has 5 heteroatoms. The summed E-state index contributed by atoms with van der Waals surface area (Å²) >= 11 is 0. The second-order valence-corrected chi connectivity index (χ2v) is 10.3. The Morgan fingerprint density at radius 2 is 1.69 bits per heavy atom. The van der Waals surface area contributed by atoms with Gasteiger partial charge in [0.2, 0.25) is 0 Å². The molecule has 1 fully saturated rings. The number of hydrogen-bond donors (Lipinski definition) is 2. The molecule has 3 aromatic carbocycles. The average Bonchev–Trinajstić information content (AvgIpc) is 2.87. The normalized spacial score (nSPS) is 19.8. The molecule has 0 bridgehead atoms. The smallest absolute Gasteiger partial charge is 0.161 e. The largest absolute Gasteiger partial charge is 0.508 e. The standard InChI is InChI=1S/C31H38O5/c1-3-4-22-13-15-31(34,16-14-22)20-28(33)10-6-23-7-12-29(35-2)30(18-23)36-21-24-5-8-26-19-27(32)11-9-25(26)17-24/h5,7-9,11-12,17-19,22,32,34H,3-4,6,10,13-16,20-21H2,1-2H3. The molecule has 0 radical (unpaired) electrons. The van der Waals surface area contributed by atoms with Crippen LogP contribution in [-0.4, -0.2) is 28.7 Å². The number of aromatic hydroxyl groups is 1. The number of phenolic OH excluding ortho intramolecular Hbond substituents is 1. The topological polar surface area (TPSA) is 76.0 Å². The van der Waals surface area contributed by atoms with Gasteiger partial charge in [0.1, 0.15) is 18.1 Å². The van der Waals surface area contributed by atoms with Gasteiger partial charge in [-0.1, -0.05) is 44.0 Å². The van der Waals surface area contributed by atoms with E-state index >= 15 is 0 Å². The zero-order valence-electron chi connectivity index (χ0n) is 21.5. The summed E-state index contributed by atoms with van der Waals surface area (Å²) < 4.78 is 11.6. The first-order valence-corrected chi connectivity index (χ1v) is 13.1. The Kier molecular flexibility index (Phi) is 8.52. The summed E-state index contributed by atoms with van der Waals surface area (Å²) in [6.07, 6.45) is 7.19. The third-order valence-electron chi connectivity index (χ3n) is 7.46. The fourth-order valence-electron chi connectivity index (χ4n) is 5.35. The van der Waals surface area contributed by atoms with Crippen LogP contribution in [0.25, 0.3) is 10.8 Å². The van der Waals surface area contributed by atoms with Crippen LogP contribution in [0.2, 0.25) is 0 Å². The lowest BCUT2D eigenvalue weighted by atomic mass is 9.75. The van der Waals surface area contributed by atoms with Crippen LogP contribution in [0, 0.1) is 5.92 Å². The molecule has 0 aromatic heterocycles. The molecule has 0 unspecified atom stereocenters. The molecule has 0 saturated heterocycles. The third-order valence-corrected chi connectivity index (χ3v) is 7.46. The summed E-state index contributed by atoms with van der Waals surface area (Å²) in [7, 11) is 1.61. The first-order valence-electron chi connectivity index (χ1n) is 13.1. The third kappa shape index (κ3) is 6.79. The molecular weight excluding hydrogens is 452 g/mol. The van der Waals surface area contributed by atoms with Crippen molar-refractivity contribution in [3.8, 4) is 17.2 Å². The van der Waals surface area contributed by atoms with Gasteiger partial charge in [-0.2, -0.15) is 0 Å². The number of phenols is 1. The van der Waals surface area contributed by atoms with Crippen LogP contribution >= 0.6 is 0 Å². The minimum Gasteiger partial charge on any atom is -0.508 e. The number of aliphatic hydroxyl groups is 1. The van der Waals surface area contributed by atoms with Crippen LogP contribution in [0.3, 0.4) is 0 Å². The monoisotopic (exact) mass is 490 g/mol. The molecule has 4 rings (SSSR count). The number of benzene rings is 3. The quantitative estimate of drug-likeness (QED) is 0.311. The lowest BCUT2D eigenvalue weighted by molar-refractivity contribution is -0.125. The van der Waals surface area contributed by atoms with Crippen molar-refractivity contribution in [2.24, 2.45) is 5.92 Å². The first-order chi connectivity index (χ1) is 17.4. The Labute approximate surface area is 214 Å². The molecule has 0 amide bonds. The van der Waals surface area contributed by atoms with Crippen molar-refractivity contribution in [3.63, 3.8) is 0 Å². The Morgan fingerprint density at radius 3 is 2.44 bits per heavy atom. The summed E-state index contributed by atoms with van der Waals surface area (Å²) in [5.41, 5.74) is 1.19. The van der Waals surface area contributed by atoms with E-state index in [0.29, 0.717) is 36.9 Å². The van der Waals surface area contributed by atoms with Gasteiger partial charge >= 0.3 is 0 Å². The summed E-state index contributed by atoms with van der Waals surface area (Å²) in [6.45, 7) is 2.58. The number of Topliss-reactive ketones (excluding diaryl/α,β-unsaturated/α-hetero) is 1. The molecule has 1 aliphatic carbocycles. The predicted octanol–water partition coefficient (Wildman–Crippen LogP) is 6.75. The van der Waals surface area contributed by atoms with Crippen molar-refractivity contribution >= 4 is 16.6 Å². The van der Waals surface area contributed by atoms with Gasteiger partial charge in [-0.15, -0.1) is 0 Å². The van der Waals surface area contributed by atoms with Crippen molar-refractivity contribution in [3.05, 3.63) is 65.7 Å². The number of methoxy groups -OCH3 is 1. The van der Waals surface area contributed by atoms with Crippen molar-refractivity contribution in [2.45, 2.75) is 76.9 Å². The first kappa shape index (κ1) is 26.0. The zero-order chi connectivity index (χ0) is 25.5. The molecule has 2 N–H and O–H groups in total. The van der Waals surface area contributed by atoms with Gasteiger partial charge in [0.05, 0.1) is 12.7 Å². The Hall–Kier alpha value is -3.05. The predicted molar refractivity (Wildman–Crippen MR) is 143 cm³/mol.